The maximum absolute atomic E-state index is 12.0. The van der Waals surface area contributed by atoms with Crippen molar-refractivity contribution in [3.63, 3.8) is 0 Å². The van der Waals surface area contributed by atoms with Crippen molar-refractivity contribution in [1.29, 1.82) is 0 Å². The molecule has 1 heterocycles. The van der Waals surface area contributed by atoms with Gasteiger partial charge in [0.1, 0.15) is 11.6 Å². The van der Waals surface area contributed by atoms with Crippen molar-refractivity contribution in [1.82, 2.24) is 4.98 Å². The van der Waals surface area contributed by atoms with Gasteiger partial charge in [-0.3, -0.25) is 0 Å². The summed E-state index contributed by atoms with van der Waals surface area (Å²) in [6, 6.07) is 2.68. The monoisotopic (exact) mass is 158 g/mol. The highest BCUT2D eigenvalue weighted by Crippen LogP contribution is 1.96. The zero-order valence-electron chi connectivity index (χ0n) is 6.84. The Balaban J connectivity index is 0. The van der Waals surface area contributed by atoms with Gasteiger partial charge in [-0.1, -0.05) is 20.3 Å². The second-order valence-electron chi connectivity index (χ2n) is 2.11. The number of rotatable bonds is 0. The summed E-state index contributed by atoms with van der Waals surface area (Å²) in [6.45, 7) is 4.25. The first kappa shape index (κ1) is 9.88. The molecule has 3 heteroatoms. The Morgan fingerprint density at radius 2 is 2.09 bits per heavy atom. The first-order chi connectivity index (χ1) is 5.20. The van der Waals surface area contributed by atoms with Gasteiger partial charge in [0.2, 0.25) is 0 Å². The molecule has 0 aliphatic carbocycles. The summed E-state index contributed by atoms with van der Waals surface area (Å²) in [6.07, 6.45) is 2.33. The predicted molar refractivity (Wildman–Crippen MR) is 46.7 cm³/mol. The van der Waals surface area contributed by atoms with Crippen LogP contribution < -0.4 is 5.73 Å². The van der Waals surface area contributed by atoms with Crippen LogP contribution in [0.25, 0.3) is 0 Å². The summed E-state index contributed by atoms with van der Waals surface area (Å²) in [5, 5.41) is 0. The Kier molecular flexibility index (Phi) is 5.07. The number of nitrogens with two attached hydrogens (primary N) is 1. The van der Waals surface area contributed by atoms with E-state index < -0.39 is 0 Å². The fourth-order valence-corrected chi connectivity index (χ4v) is 0.387. The number of aromatic nitrogens is 1. The van der Waals surface area contributed by atoms with Crippen LogP contribution in [0.5, 0.6) is 0 Å². The average Bonchev–Trinajstić information content (AvgIpc) is 1.97. The number of anilines is 1. The highest BCUT2D eigenvalue weighted by Gasteiger charge is 1.85. The van der Waals surface area contributed by atoms with Crippen molar-refractivity contribution < 1.29 is 5.82 Å². The minimum absolute atomic E-state index is 0. The van der Waals surface area contributed by atoms with E-state index in [4.69, 9.17) is 5.73 Å². The minimum Gasteiger partial charge on any atom is -0.384 e. The highest BCUT2D eigenvalue weighted by molar-refractivity contribution is 5.25. The van der Waals surface area contributed by atoms with Gasteiger partial charge in [0.05, 0.1) is 6.20 Å². The number of halogens is 1. The average molecular weight is 158 g/mol. The summed E-state index contributed by atoms with van der Waals surface area (Å²) in [5.41, 5.74) is 5.15. The van der Waals surface area contributed by atoms with Crippen molar-refractivity contribution >= 4 is 5.82 Å². The third kappa shape index (κ3) is 5.33. The van der Waals surface area contributed by atoms with Crippen molar-refractivity contribution in [2.75, 3.05) is 5.73 Å². The summed E-state index contributed by atoms with van der Waals surface area (Å²) in [4.78, 5) is 3.48. The van der Waals surface area contributed by atoms with E-state index in [1.165, 1.54) is 18.6 Å². The van der Waals surface area contributed by atoms with Crippen LogP contribution in [-0.2, 0) is 0 Å². The molecule has 0 aliphatic heterocycles. The molecule has 0 aromatic carbocycles. The molecule has 2 N–H and O–H groups in total. The second kappa shape index (κ2) is 5.65. The van der Waals surface area contributed by atoms with E-state index >= 15 is 0 Å². The molecule has 0 saturated carbocycles. The lowest BCUT2D eigenvalue weighted by molar-refractivity contribution is 0.622. The number of hydrogen-bond donors (Lipinski definition) is 1. The SMILES string of the molecule is CCC.Nc1ccc(F)cn1.[HH]. The topological polar surface area (TPSA) is 38.9 Å². The van der Waals surface area contributed by atoms with E-state index in [1.807, 2.05) is 0 Å². The van der Waals surface area contributed by atoms with Gasteiger partial charge in [0.25, 0.3) is 0 Å². The molecule has 0 atom stereocenters. The Labute approximate surface area is 67.7 Å². The number of hydrogen-bond acceptors (Lipinski definition) is 2. The second-order valence-corrected chi connectivity index (χ2v) is 2.11. The van der Waals surface area contributed by atoms with Crippen LogP contribution in [0.4, 0.5) is 10.2 Å². The maximum atomic E-state index is 12.0. The fraction of sp³-hybridized carbons (Fsp3) is 0.375. The molecule has 0 radical (unpaired) electrons. The highest BCUT2D eigenvalue weighted by atomic mass is 19.1. The van der Waals surface area contributed by atoms with Gasteiger partial charge >= 0.3 is 0 Å². The molecular weight excluding hydrogens is 143 g/mol. The fourth-order valence-electron chi connectivity index (χ4n) is 0.387. The van der Waals surface area contributed by atoms with Crippen molar-refractivity contribution in [3.8, 4) is 0 Å². The third-order valence-electron chi connectivity index (χ3n) is 0.750. The van der Waals surface area contributed by atoms with E-state index in [0.29, 0.717) is 5.82 Å². The van der Waals surface area contributed by atoms with E-state index in [-0.39, 0.29) is 7.24 Å². The van der Waals surface area contributed by atoms with Gasteiger partial charge in [-0.2, -0.15) is 0 Å². The van der Waals surface area contributed by atoms with Crippen LogP contribution >= 0.6 is 0 Å². The van der Waals surface area contributed by atoms with Gasteiger partial charge < -0.3 is 5.73 Å². The Bertz CT molecular complexity index is 168. The number of pyridine rings is 1. The number of nitrogen functional groups attached to an aromatic ring is 1. The predicted octanol–water partition coefficient (Wildman–Crippen LogP) is 2.47. The molecule has 1 aromatic heterocycles. The van der Waals surface area contributed by atoms with Gasteiger partial charge in [-0.15, -0.1) is 0 Å². The molecular formula is C8H15FN2. The summed E-state index contributed by atoms with van der Waals surface area (Å²) < 4.78 is 12.0. The van der Waals surface area contributed by atoms with Crippen molar-refractivity contribution in [2.24, 2.45) is 0 Å². The molecule has 2 nitrogen and oxygen atoms in total. The normalized spacial score (nSPS) is 8.27. The van der Waals surface area contributed by atoms with Gasteiger partial charge in [-0.05, 0) is 12.1 Å². The summed E-state index contributed by atoms with van der Waals surface area (Å²) in [5.74, 6) is -0.0226. The Morgan fingerprint density at radius 3 is 2.36 bits per heavy atom. The van der Waals surface area contributed by atoms with Crippen LogP contribution in [0.1, 0.15) is 21.7 Å². The first-order valence-corrected chi connectivity index (χ1v) is 3.57. The van der Waals surface area contributed by atoms with Crippen molar-refractivity contribution in [2.45, 2.75) is 20.3 Å². The molecule has 11 heavy (non-hydrogen) atoms. The lowest BCUT2D eigenvalue weighted by Gasteiger charge is -1.86. The van der Waals surface area contributed by atoms with Gasteiger partial charge in [-0.25, -0.2) is 9.37 Å². The standard InChI is InChI=1S/C5H5FN2.C3H8.H2/c6-4-1-2-5(7)8-3-4;1-3-2;/h1-3H,(H2,7,8);3H2,1-2H3;1H. The zero-order chi connectivity index (χ0) is 8.69. The lowest BCUT2D eigenvalue weighted by Crippen LogP contribution is -1.87. The molecule has 0 saturated heterocycles. The molecule has 64 valence electrons. The molecule has 0 bridgehead atoms. The van der Waals surface area contributed by atoms with Crippen LogP contribution in [0, 0.1) is 5.82 Å². The molecule has 0 spiro atoms. The quantitative estimate of drug-likeness (QED) is 0.630. The van der Waals surface area contributed by atoms with Crippen LogP contribution in [-0.4, -0.2) is 4.98 Å². The molecule has 1 rings (SSSR count). The molecule has 0 fully saturated rings. The Morgan fingerprint density at radius 1 is 1.55 bits per heavy atom. The van der Waals surface area contributed by atoms with Crippen LogP contribution in [0.15, 0.2) is 18.3 Å². The lowest BCUT2D eigenvalue weighted by atomic mass is 10.5. The largest absolute Gasteiger partial charge is 0.384 e. The van der Waals surface area contributed by atoms with Crippen LogP contribution in [0.2, 0.25) is 0 Å². The zero-order valence-corrected chi connectivity index (χ0v) is 6.84. The first-order valence-electron chi connectivity index (χ1n) is 3.57. The van der Waals surface area contributed by atoms with E-state index in [2.05, 4.69) is 18.8 Å². The van der Waals surface area contributed by atoms with Crippen molar-refractivity contribution in [3.05, 3.63) is 24.1 Å². The summed E-state index contributed by atoms with van der Waals surface area (Å²) >= 11 is 0. The smallest absolute Gasteiger partial charge is 0.141 e. The Hall–Kier alpha value is -1.12. The maximum Gasteiger partial charge on any atom is 0.141 e. The van der Waals surface area contributed by atoms with E-state index in [0.717, 1.165) is 6.20 Å². The van der Waals surface area contributed by atoms with E-state index in [1.54, 1.807) is 0 Å². The van der Waals surface area contributed by atoms with Crippen LogP contribution in [0.3, 0.4) is 0 Å². The van der Waals surface area contributed by atoms with E-state index in [9.17, 15) is 4.39 Å². The molecule has 1 aromatic rings. The van der Waals surface area contributed by atoms with Gasteiger partial charge in [0.15, 0.2) is 0 Å². The number of nitrogens with zero attached hydrogens (tertiary/aromatic N) is 1. The minimum atomic E-state index is -0.362. The third-order valence-corrected chi connectivity index (χ3v) is 0.750. The summed E-state index contributed by atoms with van der Waals surface area (Å²) in [7, 11) is 0. The molecule has 0 aliphatic rings. The molecule has 0 unspecified atom stereocenters. The van der Waals surface area contributed by atoms with Gasteiger partial charge in [0, 0.05) is 1.43 Å². The molecule has 0 amide bonds.